The second kappa shape index (κ2) is 7.84. The molecule has 0 saturated carbocycles. The zero-order valence-corrected chi connectivity index (χ0v) is 10.8. The maximum Gasteiger partial charge on any atom is 0.218 e. The van der Waals surface area contributed by atoms with Crippen LogP contribution in [0.1, 0.15) is 26.1 Å². The normalized spacial score (nSPS) is 10.3. The van der Waals surface area contributed by atoms with Crippen molar-refractivity contribution >= 4 is 5.82 Å². The van der Waals surface area contributed by atoms with Crippen LogP contribution in [0.3, 0.4) is 0 Å². The molecule has 0 fully saturated rings. The predicted octanol–water partition coefficient (Wildman–Crippen LogP) is 1.89. The fraction of sp³-hybridized carbons (Fsp3) is 0.667. The van der Waals surface area contributed by atoms with E-state index in [-0.39, 0.29) is 0 Å². The molecule has 0 saturated heterocycles. The van der Waals surface area contributed by atoms with Gasteiger partial charge in [0.15, 0.2) is 0 Å². The average molecular weight is 239 g/mol. The van der Waals surface area contributed by atoms with E-state index in [1.807, 2.05) is 19.9 Å². The Morgan fingerprint density at radius 2 is 2.12 bits per heavy atom. The van der Waals surface area contributed by atoms with Gasteiger partial charge in [0.05, 0.1) is 6.61 Å². The van der Waals surface area contributed by atoms with Crippen molar-refractivity contribution in [2.45, 2.75) is 26.7 Å². The van der Waals surface area contributed by atoms with Crippen LogP contribution in [-0.4, -0.2) is 36.8 Å². The van der Waals surface area contributed by atoms with Crippen LogP contribution in [0.5, 0.6) is 5.88 Å². The van der Waals surface area contributed by atoms with Crippen molar-refractivity contribution in [3.63, 3.8) is 0 Å². The first kappa shape index (κ1) is 13.7. The van der Waals surface area contributed by atoms with E-state index in [9.17, 15) is 0 Å². The summed E-state index contributed by atoms with van der Waals surface area (Å²) in [5.41, 5.74) is 0. The molecule has 1 aromatic heterocycles. The monoisotopic (exact) mass is 239 g/mol. The van der Waals surface area contributed by atoms with Gasteiger partial charge in [-0.15, -0.1) is 0 Å². The van der Waals surface area contributed by atoms with Crippen molar-refractivity contribution in [3.05, 3.63) is 11.9 Å². The topological polar surface area (TPSA) is 56.3 Å². The Morgan fingerprint density at radius 1 is 1.29 bits per heavy atom. The number of rotatable bonds is 8. The summed E-state index contributed by atoms with van der Waals surface area (Å²) in [5.74, 6) is 2.25. The van der Waals surface area contributed by atoms with Gasteiger partial charge < -0.3 is 14.8 Å². The number of hydrogen-bond donors (Lipinski definition) is 1. The highest BCUT2D eigenvalue weighted by Gasteiger charge is 2.03. The highest BCUT2D eigenvalue weighted by molar-refractivity contribution is 5.38. The van der Waals surface area contributed by atoms with Crippen molar-refractivity contribution in [3.8, 4) is 5.88 Å². The summed E-state index contributed by atoms with van der Waals surface area (Å²) < 4.78 is 10.4. The second-order valence-corrected chi connectivity index (χ2v) is 3.57. The molecule has 1 rings (SSSR count). The van der Waals surface area contributed by atoms with Crippen LogP contribution in [0.4, 0.5) is 5.82 Å². The number of nitrogens with one attached hydrogen (secondary N) is 1. The van der Waals surface area contributed by atoms with E-state index in [2.05, 4.69) is 15.3 Å². The Hall–Kier alpha value is -1.36. The number of methoxy groups -OCH3 is 1. The van der Waals surface area contributed by atoms with Crippen LogP contribution in [0.15, 0.2) is 6.07 Å². The van der Waals surface area contributed by atoms with Crippen LogP contribution in [0, 0.1) is 0 Å². The van der Waals surface area contributed by atoms with Gasteiger partial charge >= 0.3 is 0 Å². The Balaban J connectivity index is 2.59. The molecule has 0 spiro atoms. The first-order chi connectivity index (χ1) is 8.30. The third-order valence-electron chi connectivity index (χ3n) is 2.19. The number of nitrogens with zero attached hydrogens (tertiary/aromatic N) is 2. The Morgan fingerprint density at radius 3 is 2.76 bits per heavy atom. The lowest BCUT2D eigenvalue weighted by Gasteiger charge is -2.09. The van der Waals surface area contributed by atoms with Gasteiger partial charge in [-0.05, 0) is 13.3 Å². The quantitative estimate of drug-likeness (QED) is 0.702. The molecule has 0 aliphatic rings. The summed E-state index contributed by atoms with van der Waals surface area (Å²) in [7, 11) is 1.70. The van der Waals surface area contributed by atoms with E-state index in [0.29, 0.717) is 12.5 Å². The maximum absolute atomic E-state index is 5.40. The van der Waals surface area contributed by atoms with Crippen LogP contribution >= 0.6 is 0 Å². The molecular weight excluding hydrogens is 218 g/mol. The molecular formula is C12H21N3O2. The second-order valence-electron chi connectivity index (χ2n) is 3.57. The van der Waals surface area contributed by atoms with Gasteiger partial charge in [0, 0.05) is 32.7 Å². The Bertz CT molecular complexity index is 332. The van der Waals surface area contributed by atoms with Crippen molar-refractivity contribution in [2.75, 3.05) is 32.2 Å². The molecule has 0 atom stereocenters. The van der Waals surface area contributed by atoms with Crippen LogP contribution < -0.4 is 10.1 Å². The number of aryl methyl sites for hydroxylation is 1. The van der Waals surface area contributed by atoms with E-state index in [4.69, 9.17) is 9.47 Å². The number of hydrogen-bond acceptors (Lipinski definition) is 5. The van der Waals surface area contributed by atoms with Crippen LogP contribution in [0.25, 0.3) is 0 Å². The minimum atomic E-state index is 0.614. The molecule has 0 amide bonds. The fourth-order valence-corrected chi connectivity index (χ4v) is 1.38. The molecule has 0 unspecified atom stereocenters. The molecule has 0 aromatic carbocycles. The van der Waals surface area contributed by atoms with Crippen LogP contribution in [-0.2, 0) is 11.2 Å². The molecule has 96 valence electrons. The number of aromatic nitrogens is 2. The van der Waals surface area contributed by atoms with Crippen molar-refractivity contribution in [1.29, 1.82) is 0 Å². The SMILES string of the molecule is CCOc1cc(NCCCOC)nc(CC)n1. The number of ether oxygens (including phenoxy) is 2. The summed E-state index contributed by atoms with van der Waals surface area (Å²) in [6, 6.07) is 1.83. The molecule has 1 heterocycles. The van der Waals surface area contributed by atoms with Gasteiger partial charge in [0.2, 0.25) is 5.88 Å². The van der Waals surface area contributed by atoms with Crippen molar-refractivity contribution in [1.82, 2.24) is 9.97 Å². The van der Waals surface area contributed by atoms with Crippen molar-refractivity contribution in [2.24, 2.45) is 0 Å². The first-order valence-electron chi connectivity index (χ1n) is 6.03. The molecule has 1 aromatic rings. The zero-order chi connectivity index (χ0) is 12.5. The van der Waals surface area contributed by atoms with Gasteiger partial charge in [0.1, 0.15) is 11.6 Å². The highest BCUT2D eigenvalue weighted by Crippen LogP contribution is 2.13. The maximum atomic E-state index is 5.40. The smallest absolute Gasteiger partial charge is 0.218 e. The molecule has 0 bridgehead atoms. The van der Waals surface area contributed by atoms with E-state index in [1.165, 1.54) is 0 Å². The standard InChI is InChI=1S/C12H21N3O2/c1-4-10-14-11(13-7-6-8-16-3)9-12(15-10)17-5-2/h9H,4-8H2,1-3H3,(H,13,14,15). The van der Waals surface area contributed by atoms with E-state index in [1.54, 1.807) is 7.11 Å². The fourth-order valence-electron chi connectivity index (χ4n) is 1.38. The predicted molar refractivity (Wildman–Crippen MR) is 67.6 cm³/mol. The summed E-state index contributed by atoms with van der Waals surface area (Å²) in [6.45, 7) is 6.17. The largest absolute Gasteiger partial charge is 0.478 e. The molecule has 5 heteroatoms. The van der Waals surface area contributed by atoms with Gasteiger partial charge in [-0.2, -0.15) is 4.98 Å². The van der Waals surface area contributed by atoms with Gasteiger partial charge in [0.25, 0.3) is 0 Å². The molecule has 5 nitrogen and oxygen atoms in total. The summed E-state index contributed by atoms with van der Waals surface area (Å²) >= 11 is 0. The third kappa shape index (κ3) is 4.99. The van der Waals surface area contributed by atoms with E-state index in [0.717, 1.165) is 37.6 Å². The van der Waals surface area contributed by atoms with Crippen LogP contribution in [0.2, 0.25) is 0 Å². The minimum Gasteiger partial charge on any atom is -0.478 e. The number of anilines is 1. The van der Waals surface area contributed by atoms with E-state index < -0.39 is 0 Å². The molecule has 17 heavy (non-hydrogen) atoms. The van der Waals surface area contributed by atoms with E-state index >= 15 is 0 Å². The Labute approximate surface area is 103 Å². The molecule has 0 aliphatic carbocycles. The highest BCUT2D eigenvalue weighted by atomic mass is 16.5. The molecule has 0 aliphatic heterocycles. The Kier molecular flexibility index (Phi) is 6.32. The summed E-state index contributed by atoms with van der Waals surface area (Å²) in [5, 5.41) is 3.24. The first-order valence-corrected chi connectivity index (χ1v) is 6.03. The lowest BCUT2D eigenvalue weighted by atomic mass is 10.4. The molecule has 0 radical (unpaired) electrons. The lowest BCUT2D eigenvalue weighted by molar-refractivity contribution is 0.197. The average Bonchev–Trinajstić information content (AvgIpc) is 2.35. The van der Waals surface area contributed by atoms with Gasteiger partial charge in [-0.1, -0.05) is 6.92 Å². The molecule has 1 N–H and O–H groups in total. The summed E-state index contributed by atoms with van der Waals surface area (Å²) in [4.78, 5) is 8.68. The third-order valence-corrected chi connectivity index (χ3v) is 2.19. The van der Waals surface area contributed by atoms with Gasteiger partial charge in [-0.3, -0.25) is 0 Å². The van der Waals surface area contributed by atoms with Gasteiger partial charge in [-0.25, -0.2) is 4.98 Å². The zero-order valence-electron chi connectivity index (χ0n) is 10.8. The minimum absolute atomic E-state index is 0.614. The lowest BCUT2D eigenvalue weighted by Crippen LogP contribution is -2.08. The summed E-state index contributed by atoms with van der Waals surface area (Å²) in [6.07, 6.45) is 1.75. The van der Waals surface area contributed by atoms with Crippen molar-refractivity contribution < 1.29 is 9.47 Å².